The number of carbonyl (C=O) groups is 1. The van der Waals surface area contributed by atoms with Crippen molar-refractivity contribution in [2.75, 3.05) is 6.26 Å². The molecule has 16 heavy (non-hydrogen) atoms. The smallest absolute Gasteiger partial charge is 0.217 e. The molecule has 1 aromatic carbocycles. The molecule has 0 aromatic heterocycles. The monoisotopic (exact) mass is 241 g/mol. The van der Waals surface area contributed by atoms with Crippen molar-refractivity contribution in [3.63, 3.8) is 0 Å². The van der Waals surface area contributed by atoms with Crippen molar-refractivity contribution in [2.24, 2.45) is 0 Å². The first-order valence-electron chi connectivity index (χ1n) is 4.88. The van der Waals surface area contributed by atoms with Gasteiger partial charge in [0.05, 0.1) is 10.9 Å². The van der Waals surface area contributed by atoms with E-state index >= 15 is 0 Å². The van der Waals surface area contributed by atoms with Crippen molar-refractivity contribution in [2.45, 2.75) is 24.8 Å². The lowest BCUT2D eigenvalue weighted by atomic mass is 10.1. The highest BCUT2D eigenvalue weighted by Gasteiger charge is 2.09. The third-order valence-electron chi connectivity index (χ3n) is 2.23. The zero-order valence-electron chi connectivity index (χ0n) is 9.52. The molecule has 1 N–H and O–H groups in total. The van der Waals surface area contributed by atoms with Gasteiger partial charge in [-0.15, -0.1) is 0 Å². The summed E-state index contributed by atoms with van der Waals surface area (Å²) >= 11 is 0. The van der Waals surface area contributed by atoms with Gasteiger partial charge in [0.1, 0.15) is 0 Å². The Hall–Kier alpha value is -1.36. The molecule has 0 spiro atoms. The molecule has 0 aliphatic carbocycles. The lowest BCUT2D eigenvalue weighted by Crippen LogP contribution is -2.23. The maximum absolute atomic E-state index is 11.2. The molecule has 0 radical (unpaired) electrons. The van der Waals surface area contributed by atoms with Crippen LogP contribution >= 0.6 is 0 Å². The van der Waals surface area contributed by atoms with E-state index < -0.39 is 9.84 Å². The van der Waals surface area contributed by atoms with Crippen molar-refractivity contribution in [1.29, 1.82) is 0 Å². The number of hydrogen-bond donors (Lipinski definition) is 1. The van der Waals surface area contributed by atoms with Crippen molar-refractivity contribution in [3.05, 3.63) is 29.8 Å². The highest BCUT2D eigenvalue weighted by atomic mass is 32.2. The zero-order chi connectivity index (χ0) is 12.3. The second kappa shape index (κ2) is 4.65. The molecule has 1 rings (SSSR count). The van der Waals surface area contributed by atoms with Crippen molar-refractivity contribution < 1.29 is 13.2 Å². The molecule has 1 aromatic rings. The van der Waals surface area contributed by atoms with Crippen LogP contribution in [-0.2, 0) is 14.6 Å². The Balaban J connectivity index is 2.91. The molecule has 88 valence electrons. The number of hydrogen-bond acceptors (Lipinski definition) is 3. The highest BCUT2D eigenvalue weighted by molar-refractivity contribution is 7.90. The number of carbonyl (C=O) groups excluding carboxylic acids is 1. The van der Waals surface area contributed by atoms with Gasteiger partial charge in [0.2, 0.25) is 5.91 Å². The van der Waals surface area contributed by atoms with Crippen molar-refractivity contribution in [1.82, 2.24) is 5.32 Å². The number of rotatable bonds is 3. The Morgan fingerprint density at radius 2 is 1.75 bits per heavy atom. The minimum absolute atomic E-state index is 0.111. The first-order chi connectivity index (χ1) is 7.30. The molecule has 0 heterocycles. The van der Waals surface area contributed by atoms with Gasteiger partial charge in [0, 0.05) is 13.2 Å². The summed E-state index contributed by atoms with van der Waals surface area (Å²) in [4.78, 5) is 11.1. The van der Waals surface area contributed by atoms with Crippen LogP contribution in [0, 0.1) is 0 Å². The minimum Gasteiger partial charge on any atom is -0.350 e. The Morgan fingerprint density at radius 1 is 1.25 bits per heavy atom. The third kappa shape index (κ3) is 3.34. The number of nitrogens with one attached hydrogen (secondary N) is 1. The van der Waals surface area contributed by atoms with E-state index in [1.807, 2.05) is 6.92 Å². The first kappa shape index (κ1) is 12.7. The molecule has 1 amide bonds. The lowest BCUT2D eigenvalue weighted by molar-refractivity contribution is -0.119. The van der Waals surface area contributed by atoms with Crippen LogP contribution in [0.4, 0.5) is 0 Å². The van der Waals surface area contributed by atoms with Gasteiger partial charge >= 0.3 is 0 Å². The largest absolute Gasteiger partial charge is 0.350 e. The van der Waals surface area contributed by atoms with Crippen molar-refractivity contribution >= 4 is 15.7 Å². The van der Waals surface area contributed by atoms with Crippen LogP contribution in [-0.4, -0.2) is 20.6 Å². The van der Waals surface area contributed by atoms with Crippen LogP contribution in [0.5, 0.6) is 0 Å². The van der Waals surface area contributed by atoms with Crippen LogP contribution in [0.1, 0.15) is 25.5 Å². The highest BCUT2D eigenvalue weighted by Crippen LogP contribution is 2.15. The van der Waals surface area contributed by atoms with E-state index in [9.17, 15) is 13.2 Å². The fraction of sp³-hybridized carbons (Fsp3) is 0.364. The molecule has 0 aliphatic rings. The fourth-order valence-corrected chi connectivity index (χ4v) is 2.02. The zero-order valence-corrected chi connectivity index (χ0v) is 10.3. The molecule has 0 saturated heterocycles. The van der Waals surface area contributed by atoms with Gasteiger partial charge in [0.25, 0.3) is 0 Å². The van der Waals surface area contributed by atoms with E-state index in [0.717, 1.165) is 5.56 Å². The summed E-state index contributed by atoms with van der Waals surface area (Å²) in [7, 11) is -3.16. The maximum Gasteiger partial charge on any atom is 0.217 e. The molecular formula is C11H15NO3S. The number of sulfone groups is 1. The van der Waals surface area contributed by atoms with Gasteiger partial charge < -0.3 is 5.32 Å². The Kier molecular flexibility index (Phi) is 3.70. The van der Waals surface area contributed by atoms with E-state index in [-0.39, 0.29) is 16.8 Å². The predicted molar refractivity (Wildman–Crippen MR) is 61.8 cm³/mol. The standard InChI is InChI=1S/C11H15NO3S/c1-8(12-9(2)13)10-4-6-11(7-5-10)16(3,14)15/h4-8H,1-3H3,(H,12,13)/t8-/m1/s1. The predicted octanol–water partition coefficient (Wildman–Crippen LogP) is 1.29. The fourth-order valence-electron chi connectivity index (χ4n) is 1.39. The van der Waals surface area contributed by atoms with Gasteiger partial charge in [-0.05, 0) is 24.6 Å². The molecule has 0 unspecified atom stereocenters. The molecule has 0 aliphatic heterocycles. The van der Waals surface area contributed by atoms with Gasteiger partial charge in [-0.25, -0.2) is 8.42 Å². The molecule has 0 fully saturated rings. The van der Waals surface area contributed by atoms with Crippen molar-refractivity contribution in [3.8, 4) is 0 Å². The van der Waals surface area contributed by atoms with E-state index in [1.165, 1.54) is 13.2 Å². The molecule has 5 heteroatoms. The number of amides is 1. The van der Waals surface area contributed by atoms with Crippen LogP contribution in [0.15, 0.2) is 29.2 Å². The number of benzene rings is 1. The SMILES string of the molecule is CC(=O)N[C@H](C)c1ccc(S(C)(=O)=O)cc1. The van der Waals surface area contributed by atoms with E-state index in [2.05, 4.69) is 5.32 Å². The first-order valence-corrected chi connectivity index (χ1v) is 6.77. The summed E-state index contributed by atoms with van der Waals surface area (Å²) in [6.45, 7) is 3.29. The maximum atomic E-state index is 11.2. The van der Waals surface area contributed by atoms with Gasteiger partial charge in [0.15, 0.2) is 9.84 Å². The van der Waals surface area contributed by atoms with E-state index in [4.69, 9.17) is 0 Å². The Morgan fingerprint density at radius 3 is 2.12 bits per heavy atom. The van der Waals surface area contributed by atoms with E-state index in [1.54, 1.807) is 24.3 Å². The summed E-state index contributed by atoms with van der Waals surface area (Å²) in [5.74, 6) is -0.111. The minimum atomic E-state index is -3.16. The van der Waals surface area contributed by atoms with Crippen LogP contribution in [0.2, 0.25) is 0 Å². The molecule has 0 bridgehead atoms. The molecule has 0 saturated carbocycles. The van der Waals surface area contributed by atoms with Crippen LogP contribution in [0.3, 0.4) is 0 Å². The average Bonchev–Trinajstić information content (AvgIpc) is 2.15. The van der Waals surface area contributed by atoms with E-state index in [0.29, 0.717) is 0 Å². The Labute approximate surface area is 95.6 Å². The van der Waals surface area contributed by atoms with Crippen LogP contribution < -0.4 is 5.32 Å². The summed E-state index contributed by atoms with van der Waals surface area (Å²) < 4.78 is 22.4. The van der Waals surface area contributed by atoms with Crippen LogP contribution in [0.25, 0.3) is 0 Å². The second-order valence-corrected chi connectivity index (χ2v) is 5.78. The second-order valence-electron chi connectivity index (χ2n) is 3.76. The molecule has 1 atom stereocenters. The van der Waals surface area contributed by atoms with Gasteiger partial charge in [-0.2, -0.15) is 0 Å². The van der Waals surface area contributed by atoms with Gasteiger partial charge in [-0.1, -0.05) is 12.1 Å². The topological polar surface area (TPSA) is 63.2 Å². The summed E-state index contributed by atoms with van der Waals surface area (Å²) in [5.41, 5.74) is 0.877. The van der Waals surface area contributed by atoms with Gasteiger partial charge in [-0.3, -0.25) is 4.79 Å². The normalized spacial score (nSPS) is 13.2. The third-order valence-corrected chi connectivity index (χ3v) is 3.36. The molecule has 4 nitrogen and oxygen atoms in total. The summed E-state index contributed by atoms with van der Waals surface area (Å²) in [6, 6.07) is 6.38. The lowest BCUT2D eigenvalue weighted by Gasteiger charge is -2.12. The quantitative estimate of drug-likeness (QED) is 0.867. The molecular weight excluding hydrogens is 226 g/mol. The average molecular weight is 241 g/mol. The Bertz CT molecular complexity index is 476. The summed E-state index contributed by atoms with van der Waals surface area (Å²) in [6.07, 6.45) is 1.17. The summed E-state index contributed by atoms with van der Waals surface area (Å²) in [5, 5.41) is 2.73.